The highest BCUT2D eigenvalue weighted by Gasteiger charge is 2.27. The van der Waals surface area contributed by atoms with Crippen molar-refractivity contribution in [3.05, 3.63) is 34.6 Å². The molecule has 0 bridgehead atoms. The molecule has 1 aromatic carbocycles. The van der Waals surface area contributed by atoms with Crippen LogP contribution >= 0.6 is 11.6 Å². The van der Waals surface area contributed by atoms with Crippen LogP contribution in [0.5, 0.6) is 0 Å². The Morgan fingerprint density at radius 3 is 2.47 bits per heavy atom. The molecule has 0 heterocycles. The van der Waals surface area contributed by atoms with Gasteiger partial charge in [-0.3, -0.25) is 4.79 Å². The van der Waals surface area contributed by atoms with Crippen molar-refractivity contribution in [3.63, 3.8) is 0 Å². The molecule has 0 aliphatic heterocycles. The maximum atomic E-state index is 13.2. The summed E-state index contributed by atoms with van der Waals surface area (Å²) < 4.78 is 48.8. The first-order valence-electron chi connectivity index (χ1n) is 4.80. The fourth-order valence-electron chi connectivity index (χ4n) is 1.25. The van der Waals surface area contributed by atoms with Gasteiger partial charge in [0.25, 0.3) is 0 Å². The van der Waals surface area contributed by atoms with E-state index in [2.05, 4.69) is 0 Å². The van der Waals surface area contributed by atoms with Crippen LogP contribution in [0.15, 0.2) is 18.2 Å². The third-order valence-electron chi connectivity index (χ3n) is 2.09. The molecule has 0 aliphatic carbocycles. The van der Waals surface area contributed by atoms with Gasteiger partial charge in [-0.2, -0.15) is 13.2 Å². The van der Waals surface area contributed by atoms with E-state index >= 15 is 0 Å². The van der Waals surface area contributed by atoms with Gasteiger partial charge in [-0.15, -0.1) is 0 Å². The number of halogens is 5. The molecule has 6 heteroatoms. The van der Waals surface area contributed by atoms with Crippen molar-refractivity contribution >= 4 is 17.4 Å². The van der Waals surface area contributed by atoms with Gasteiger partial charge in [0.05, 0.1) is 6.42 Å². The molecular weight excluding hydrogens is 260 g/mol. The van der Waals surface area contributed by atoms with Crippen LogP contribution in [0.25, 0.3) is 0 Å². The molecular formula is C11H9ClF4O. The second-order valence-electron chi connectivity index (χ2n) is 3.57. The number of carbonyl (C=O) groups excluding carboxylic acids is 1. The normalized spacial score (nSPS) is 11.6. The van der Waals surface area contributed by atoms with Crippen molar-refractivity contribution in [1.29, 1.82) is 0 Å². The van der Waals surface area contributed by atoms with Gasteiger partial charge in [0, 0.05) is 17.9 Å². The fraction of sp³-hybridized carbons (Fsp3) is 0.364. The van der Waals surface area contributed by atoms with E-state index in [1.165, 1.54) is 12.1 Å². The van der Waals surface area contributed by atoms with Crippen molar-refractivity contribution in [2.24, 2.45) is 0 Å². The number of benzene rings is 1. The number of alkyl halides is 3. The molecule has 1 aromatic rings. The first-order chi connectivity index (χ1) is 7.78. The van der Waals surface area contributed by atoms with E-state index < -0.39 is 30.6 Å². The van der Waals surface area contributed by atoms with Gasteiger partial charge in [0.15, 0.2) is 0 Å². The Morgan fingerprint density at radius 2 is 1.94 bits per heavy atom. The first kappa shape index (κ1) is 14.0. The molecule has 0 N–H and O–H groups in total. The molecule has 0 amide bonds. The lowest BCUT2D eigenvalue weighted by Gasteiger charge is -2.06. The van der Waals surface area contributed by atoms with Crippen LogP contribution < -0.4 is 0 Å². The number of hydrogen-bond donors (Lipinski definition) is 0. The van der Waals surface area contributed by atoms with E-state index in [9.17, 15) is 22.4 Å². The van der Waals surface area contributed by atoms with Crippen molar-refractivity contribution in [2.45, 2.75) is 25.4 Å². The number of carbonyl (C=O) groups is 1. The zero-order chi connectivity index (χ0) is 13.1. The van der Waals surface area contributed by atoms with Gasteiger partial charge < -0.3 is 0 Å². The zero-order valence-electron chi connectivity index (χ0n) is 8.65. The Kier molecular flexibility index (Phi) is 4.51. The zero-order valence-corrected chi connectivity index (χ0v) is 9.41. The van der Waals surface area contributed by atoms with Crippen LogP contribution in [0.3, 0.4) is 0 Å². The smallest absolute Gasteiger partial charge is 0.299 e. The Bertz CT molecular complexity index is 414. The van der Waals surface area contributed by atoms with Crippen molar-refractivity contribution < 1.29 is 22.4 Å². The minimum absolute atomic E-state index is 0.0570. The van der Waals surface area contributed by atoms with E-state index in [-0.39, 0.29) is 17.0 Å². The molecule has 0 fully saturated rings. The molecule has 0 saturated carbocycles. The molecule has 94 valence electrons. The predicted octanol–water partition coefficient (Wildman–Crippen LogP) is 3.93. The quantitative estimate of drug-likeness (QED) is 0.756. The highest BCUT2D eigenvalue weighted by atomic mass is 35.5. The lowest BCUT2D eigenvalue weighted by atomic mass is 10.1. The van der Waals surface area contributed by atoms with E-state index in [0.29, 0.717) is 0 Å². The third-order valence-corrected chi connectivity index (χ3v) is 2.33. The van der Waals surface area contributed by atoms with E-state index in [4.69, 9.17) is 11.6 Å². The lowest BCUT2D eigenvalue weighted by Crippen LogP contribution is -2.12. The summed E-state index contributed by atoms with van der Waals surface area (Å²) in [4.78, 5) is 11.2. The molecule has 1 rings (SSSR count). The minimum atomic E-state index is -4.37. The summed E-state index contributed by atoms with van der Waals surface area (Å²) in [5, 5.41) is 0.175. The Labute approximate surface area is 100 Å². The first-order valence-corrected chi connectivity index (χ1v) is 5.18. The van der Waals surface area contributed by atoms with Gasteiger partial charge in [-0.05, 0) is 17.7 Å². The van der Waals surface area contributed by atoms with Gasteiger partial charge >= 0.3 is 6.18 Å². The van der Waals surface area contributed by atoms with Crippen LogP contribution in [0.1, 0.15) is 18.4 Å². The van der Waals surface area contributed by atoms with Crippen LogP contribution in [0.2, 0.25) is 5.02 Å². The largest absolute Gasteiger partial charge is 0.389 e. The minimum Gasteiger partial charge on any atom is -0.299 e. The van der Waals surface area contributed by atoms with Gasteiger partial charge in [-0.25, -0.2) is 4.39 Å². The molecule has 0 unspecified atom stereocenters. The van der Waals surface area contributed by atoms with E-state index in [1.807, 2.05) is 0 Å². The summed E-state index contributed by atoms with van der Waals surface area (Å²) in [6, 6.07) is 3.70. The molecule has 0 atom stereocenters. The van der Waals surface area contributed by atoms with Crippen molar-refractivity contribution in [3.8, 4) is 0 Å². The third kappa shape index (κ3) is 5.17. The molecule has 0 radical (unpaired) electrons. The van der Waals surface area contributed by atoms with Crippen molar-refractivity contribution in [2.75, 3.05) is 0 Å². The summed E-state index contributed by atoms with van der Waals surface area (Å²) in [5.74, 6) is -1.33. The monoisotopic (exact) mass is 268 g/mol. The SMILES string of the molecule is O=C(CCC(F)(F)F)Cc1ccc(Cl)cc1F. The van der Waals surface area contributed by atoms with Gasteiger partial charge in [0.2, 0.25) is 0 Å². The average Bonchev–Trinajstić information content (AvgIpc) is 2.18. The van der Waals surface area contributed by atoms with E-state index in [1.54, 1.807) is 0 Å². The Balaban J connectivity index is 2.57. The topological polar surface area (TPSA) is 17.1 Å². The predicted molar refractivity (Wildman–Crippen MR) is 55.4 cm³/mol. The molecule has 17 heavy (non-hydrogen) atoms. The second kappa shape index (κ2) is 5.49. The van der Waals surface area contributed by atoms with Crippen molar-refractivity contribution in [1.82, 2.24) is 0 Å². The number of rotatable bonds is 4. The van der Waals surface area contributed by atoms with E-state index in [0.717, 1.165) is 6.07 Å². The molecule has 0 aliphatic rings. The number of ketones is 1. The van der Waals surface area contributed by atoms with Crippen LogP contribution in [0.4, 0.5) is 17.6 Å². The highest BCUT2D eigenvalue weighted by molar-refractivity contribution is 6.30. The molecule has 1 nitrogen and oxygen atoms in total. The van der Waals surface area contributed by atoms with Crippen LogP contribution in [-0.4, -0.2) is 12.0 Å². The molecule has 0 aromatic heterocycles. The summed E-state index contributed by atoms with van der Waals surface area (Å²) in [6.45, 7) is 0. The van der Waals surface area contributed by atoms with Crippen LogP contribution in [-0.2, 0) is 11.2 Å². The maximum Gasteiger partial charge on any atom is 0.389 e. The number of Topliss-reactive ketones (excluding diaryl/α,β-unsaturated/α-hetero) is 1. The summed E-state index contributed by atoms with van der Waals surface area (Å²) >= 11 is 5.50. The Morgan fingerprint density at radius 1 is 1.29 bits per heavy atom. The highest BCUT2D eigenvalue weighted by Crippen LogP contribution is 2.22. The van der Waals surface area contributed by atoms with Gasteiger partial charge in [0.1, 0.15) is 11.6 Å². The van der Waals surface area contributed by atoms with Gasteiger partial charge in [-0.1, -0.05) is 17.7 Å². The number of hydrogen-bond acceptors (Lipinski definition) is 1. The second-order valence-corrected chi connectivity index (χ2v) is 4.00. The molecule has 0 saturated heterocycles. The molecule has 0 spiro atoms. The summed E-state index contributed by atoms with van der Waals surface area (Å²) in [5.41, 5.74) is 0.0570. The van der Waals surface area contributed by atoms with Crippen LogP contribution in [0, 0.1) is 5.82 Å². The Hall–Kier alpha value is -1.10. The lowest BCUT2D eigenvalue weighted by molar-refractivity contribution is -0.143. The fourth-order valence-corrected chi connectivity index (χ4v) is 1.41. The maximum absolute atomic E-state index is 13.2. The summed E-state index contributed by atoms with van der Waals surface area (Å²) in [6.07, 6.45) is -6.53. The standard InChI is InChI=1S/C11H9ClF4O/c12-8-2-1-7(10(13)6-8)5-9(17)3-4-11(14,15)16/h1-2,6H,3-5H2. The average molecular weight is 269 g/mol. The summed E-state index contributed by atoms with van der Waals surface area (Å²) in [7, 11) is 0.